The van der Waals surface area contributed by atoms with Gasteiger partial charge in [-0.15, -0.1) is 0 Å². The Morgan fingerprint density at radius 2 is 2.00 bits per heavy atom. The van der Waals surface area contributed by atoms with Crippen molar-refractivity contribution >= 4 is 11.9 Å². The normalized spacial score (nSPS) is 22.8. The number of Topliss-reactive ketones (excluding diaryl/α,β-unsaturated/α-hetero) is 1. The fraction of sp³-hybridized carbons (Fsp3) is 0.438. The summed E-state index contributed by atoms with van der Waals surface area (Å²) in [7, 11) is 0. The van der Waals surface area contributed by atoms with Gasteiger partial charge in [0.15, 0.2) is 0 Å². The Morgan fingerprint density at radius 1 is 1.35 bits per heavy atom. The molecule has 1 fully saturated rings. The van der Waals surface area contributed by atoms with Gasteiger partial charge in [0.2, 0.25) is 0 Å². The first kappa shape index (κ1) is 13.7. The van der Waals surface area contributed by atoms with Gasteiger partial charge in [-0.2, -0.15) is 0 Å². The molecular weight excluding hydrogens is 208 g/mol. The smallest absolute Gasteiger partial charge is 0.138 e. The summed E-state index contributed by atoms with van der Waals surface area (Å²) in [6.45, 7) is 7.82. The zero-order valence-electron chi connectivity index (χ0n) is 10.9. The van der Waals surface area contributed by atoms with Crippen LogP contribution in [0, 0.1) is 5.41 Å². The Hall–Kier alpha value is -1.37. The lowest BCUT2D eigenvalue weighted by Gasteiger charge is -2.17. The Labute approximate surface area is 105 Å². The summed E-state index contributed by atoms with van der Waals surface area (Å²) in [5, 5.41) is 0. The SMILES string of the molecule is C=Cc1ccccc1.CCC1(C)CCCC1=O. The van der Waals surface area contributed by atoms with E-state index in [1.165, 1.54) is 5.56 Å². The summed E-state index contributed by atoms with van der Waals surface area (Å²) in [6, 6.07) is 10.0. The van der Waals surface area contributed by atoms with Crippen molar-refractivity contribution in [3.8, 4) is 0 Å². The molecule has 0 bridgehead atoms. The quantitative estimate of drug-likeness (QED) is 0.731. The average molecular weight is 230 g/mol. The van der Waals surface area contributed by atoms with Gasteiger partial charge in [0.05, 0.1) is 0 Å². The third-order valence-corrected chi connectivity index (χ3v) is 3.62. The number of ketones is 1. The van der Waals surface area contributed by atoms with Crippen LogP contribution in [0.3, 0.4) is 0 Å². The molecule has 1 unspecified atom stereocenters. The maximum absolute atomic E-state index is 11.1. The summed E-state index contributed by atoms with van der Waals surface area (Å²) >= 11 is 0. The summed E-state index contributed by atoms with van der Waals surface area (Å²) in [5.41, 5.74) is 1.23. The molecule has 1 aromatic carbocycles. The van der Waals surface area contributed by atoms with Crippen molar-refractivity contribution in [3.05, 3.63) is 42.5 Å². The maximum Gasteiger partial charge on any atom is 0.138 e. The molecule has 92 valence electrons. The van der Waals surface area contributed by atoms with Crippen molar-refractivity contribution < 1.29 is 4.79 Å². The lowest BCUT2D eigenvalue weighted by molar-refractivity contribution is -0.125. The van der Waals surface area contributed by atoms with E-state index in [9.17, 15) is 4.79 Å². The summed E-state index contributed by atoms with van der Waals surface area (Å²) in [6.07, 6.45) is 5.90. The lowest BCUT2D eigenvalue weighted by Crippen LogP contribution is -2.19. The lowest BCUT2D eigenvalue weighted by atomic mass is 9.85. The first-order valence-electron chi connectivity index (χ1n) is 6.33. The van der Waals surface area contributed by atoms with E-state index < -0.39 is 0 Å². The first-order chi connectivity index (χ1) is 8.12. The van der Waals surface area contributed by atoms with Crippen LogP contribution in [0.15, 0.2) is 36.9 Å². The van der Waals surface area contributed by atoms with Crippen molar-refractivity contribution in [2.75, 3.05) is 0 Å². The maximum atomic E-state index is 11.1. The van der Waals surface area contributed by atoms with Crippen LogP contribution in [0.5, 0.6) is 0 Å². The van der Waals surface area contributed by atoms with Crippen LogP contribution < -0.4 is 0 Å². The summed E-state index contributed by atoms with van der Waals surface area (Å²) < 4.78 is 0. The molecule has 1 heteroatoms. The van der Waals surface area contributed by atoms with Crippen LogP contribution in [0.25, 0.3) is 6.08 Å². The van der Waals surface area contributed by atoms with Crippen LogP contribution in [0.4, 0.5) is 0 Å². The molecule has 1 aliphatic carbocycles. The molecular formula is C16H22O. The molecule has 1 nitrogen and oxygen atoms in total. The number of hydrogen-bond donors (Lipinski definition) is 0. The predicted molar refractivity (Wildman–Crippen MR) is 73.8 cm³/mol. The molecule has 0 heterocycles. The minimum absolute atomic E-state index is 0.0556. The van der Waals surface area contributed by atoms with Gasteiger partial charge in [-0.25, -0.2) is 0 Å². The molecule has 1 saturated carbocycles. The largest absolute Gasteiger partial charge is 0.299 e. The average Bonchev–Trinajstić information content (AvgIpc) is 2.72. The second kappa shape index (κ2) is 6.39. The third-order valence-electron chi connectivity index (χ3n) is 3.62. The van der Waals surface area contributed by atoms with Crippen molar-refractivity contribution in [3.63, 3.8) is 0 Å². The van der Waals surface area contributed by atoms with Gasteiger partial charge < -0.3 is 0 Å². The second-order valence-electron chi connectivity index (χ2n) is 4.81. The molecule has 0 amide bonds. The zero-order valence-corrected chi connectivity index (χ0v) is 10.9. The highest BCUT2D eigenvalue weighted by Crippen LogP contribution is 2.36. The molecule has 0 radical (unpaired) electrons. The van der Waals surface area contributed by atoms with Gasteiger partial charge in [0.1, 0.15) is 5.78 Å². The van der Waals surface area contributed by atoms with Crippen molar-refractivity contribution in [1.82, 2.24) is 0 Å². The molecule has 1 atom stereocenters. The van der Waals surface area contributed by atoms with E-state index in [2.05, 4.69) is 20.4 Å². The van der Waals surface area contributed by atoms with E-state index in [0.29, 0.717) is 5.78 Å². The minimum Gasteiger partial charge on any atom is -0.299 e. The van der Waals surface area contributed by atoms with Gasteiger partial charge in [-0.3, -0.25) is 4.79 Å². The number of carbonyl (C=O) groups excluding carboxylic acids is 1. The predicted octanol–water partition coefficient (Wildman–Crippen LogP) is 4.49. The number of carbonyl (C=O) groups is 1. The Morgan fingerprint density at radius 3 is 2.29 bits per heavy atom. The van der Waals surface area contributed by atoms with E-state index in [1.54, 1.807) is 0 Å². The molecule has 17 heavy (non-hydrogen) atoms. The highest BCUT2D eigenvalue weighted by atomic mass is 16.1. The van der Waals surface area contributed by atoms with Gasteiger partial charge in [-0.1, -0.05) is 56.8 Å². The fourth-order valence-electron chi connectivity index (χ4n) is 2.04. The molecule has 2 rings (SSSR count). The first-order valence-corrected chi connectivity index (χ1v) is 6.33. The Bertz CT molecular complexity index is 366. The standard InChI is InChI=1S/C8H14O.C8H8/c1-3-8(2)6-4-5-7(8)9;1-2-8-6-4-3-5-7-8/h3-6H2,1-2H3;2-7H,1H2. The van der Waals surface area contributed by atoms with Crippen molar-refractivity contribution in [2.24, 2.45) is 5.41 Å². The molecule has 0 aliphatic heterocycles. The molecule has 0 N–H and O–H groups in total. The van der Waals surface area contributed by atoms with E-state index in [1.807, 2.05) is 36.4 Å². The van der Waals surface area contributed by atoms with Gasteiger partial charge in [0, 0.05) is 11.8 Å². The van der Waals surface area contributed by atoms with Crippen LogP contribution in [-0.4, -0.2) is 5.78 Å². The third kappa shape index (κ3) is 3.85. The van der Waals surface area contributed by atoms with E-state index in [0.717, 1.165) is 25.7 Å². The number of rotatable bonds is 2. The molecule has 1 aliphatic rings. The van der Waals surface area contributed by atoms with Crippen molar-refractivity contribution in [1.29, 1.82) is 0 Å². The van der Waals surface area contributed by atoms with Gasteiger partial charge in [-0.05, 0) is 24.8 Å². The van der Waals surface area contributed by atoms with Crippen molar-refractivity contribution in [2.45, 2.75) is 39.5 Å². The Balaban J connectivity index is 0.000000171. The molecule has 0 saturated heterocycles. The zero-order chi connectivity index (χ0) is 12.7. The van der Waals surface area contributed by atoms with Crippen LogP contribution >= 0.6 is 0 Å². The van der Waals surface area contributed by atoms with E-state index in [-0.39, 0.29) is 5.41 Å². The van der Waals surface area contributed by atoms with E-state index in [4.69, 9.17) is 0 Å². The summed E-state index contributed by atoms with van der Waals surface area (Å²) in [4.78, 5) is 11.1. The Kier molecular flexibility index (Phi) is 5.14. The van der Waals surface area contributed by atoms with E-state index >= 15 is 0 Å². The molecule has 0 spiro atoms. The summed E-state index contributed by atoms with van der Waals surface area (Å²) in [5.74, 6) is 0.477. The highest BCUT2D eigenvalue weighted by molar-refractivity contribution is 5.86. The highest BCUT2D eigenvalue weighted by Gasteiger charge is 2.34. The monoisotopic (exact) mass is 230 g/mol. The van der Waals surface area contributed by atoms with Crippen LogP contribution in [-0.2, 0) is 4.79 Å². The van der Waals surface area contributed by atoms with Crippen LogP contribution in [0.1, 0.15) is 45.1 Å². The minimum atomic E-state index is 0.0556. The van der Waals surface area contributed by atoms with Gasteiger partial charge in [0.25, 0.3) is 0 Å². The second-order valence-corrected chi connectivity index (χ2v) is 4.81. The number of benzene rings is 1. The van der Waals surface area contributed by atoms with Gasteiger partial charge >= 0.3 is 0 Å². The molecule has 0 aromatic heterocycles. The fourth-order valence-corrected chi connectivity index (χ4v) is 2.04. The molecule has 1 aromatic rings. The van der Waals surface area contributed by atoms with Crippen LogP contribution in [0.2, 0.25) is 0 Å². The number of hydrogen-bond acceptors (Lipinski definition) is 1. The topological polar surface area (TPSA) is 17.1 Å².